The maximum absolute atomic E-state index is 10.2. The van der Waals surface area contributed by atoms with Gasteiger partial charge in [0.25, 0.3) is 0 Å². The SMILES string of the molecule is CC(C)(C)c1ccc(-c2cc3c(cc2-c2cc4c5c(c2)N(c2c(-c6ccccc6)cccc2-c2ccccc2)c2cc(N(c6ccccc6)c6ccc(C#N)cc6)ccc2B5c2ccc(-c5cccc6c5oc5ccc7sc8ccccc8c7c56)cc2S4)sc2ccc4oc5ccccc5c4c23)cc1. The van der Waals surface area contributed by atoms with Crippen molar-refractivity contribution >= 4 is 176 Å². The summed E-state index contributed by atoms with van der Waals surface area (Å²) in [7, 11) is 0. The van der Waals surface area contributed by atoms with E-state index in [2.05, 4.69) is 334 Å². The summed E-state index contributed by atoms with van der Waals surface area (Å²) in [6, 6.07) is 116. The minimum atomic E-state index is -0.201. The van der Waals surface area contributed by atoms with Crippen LogP contribution in [0.5, 0.6) is 0 Å². The minimum absolute atomic E-state index is 0.0486. The van der Waals surface area contributed by atoms with Gasteiger partial charge in [0, 0.05) is 117 Å². The molecule has 2 aliphatic rings. The highest BCUT2D eigenvalue weighted by Gasteiger charge is 2.43. The van der Waals surface area contributed by atoms with Crippen molar-refractivity contribution in [2.45, 2.75) is 36.0 Å². The molecule has 0 aliphatic carbocycles. The summed E-state index contributed by atoms with van der Waals surface area (Å²) in [4.78, 5) is 7.35. The molecule has 0 N–H and O–H groups in total. The van der Waals surface area contributed by atoms with Gasteiger partial charge in [-0.25, -0.2) is 0 Å². The Morgan fingerprint density at radius 3 is 1.69 bits per heavy atom. The number of thiophene rings is 2. The van der Waals surface area contributed by atoms with E-state index in [0.29, 0.717) is 5.56 Å². The molecular weight excluding hydrogens is 1320 g/mol. The van der Waals surface area contributed by atoms with Crippen LogP contribution in [0.1, 0.15) is 31.9 Å². The van der Waals surface area contributed by atoms with E-state index in [9.17, 15) is 5.26 Å². The molecule has 5 nitrogen and oxygen atoms in total. The van der Waals surface area contributed by atoms with Crippen LogP contribution in [0.25, 0.3) is 140 Å². The summed E-state index contributed by atoms with van der Waals surface area (Å²) in [6.45, 7) is 6.68. The van der Waals surface area contributed by atoms with Crippen molar-refractivity contribution in [3.63, 3.8) is 0 Å². The third kappa shape index (κ3) is 9.46. The number of rotatable bonds is 9. The first-order valence-electron chi connectivity index (χ1n) is 35.3. The highest BCUT2D eigenvalue weighted by Crippen LogP contribution is 2.54. The Bertz CT molecular complexity index is 6760. The van der Waals surface area contributed by atoms with Gasteiger partial charge in [0.05, 0.1) is 17.3 Å². The number of para-hydroxylation sites is 4. The summed E-state index contributed by atoms with van der Waals surface area (Å²) in [5.41, 5.74) is 26.4. The van der Waals surface area contributed by atoms with Crippen LogP contribution in [0.2, 0.25) is 0 Å². The lowest BCUT2D eigenvalue weighted by molar-refractivity contribution is 0.590. The van der Waals surface area contributed by atoms with Crippen LogP contribution in [-0.2, 0) is 5.41 Å². The largest absolute Gasteiger partial charge is 0.456 e. The first-order valence-corrected chi connectivity index (χ1v) is 37.8. The molecule has 9 heteroatoms. The van der Waals surface area contributed by atoms with E-state index in [4.69, 9.17) is 8.83 Å². The van der Waals surface area contributed by atoms with Crippen LogP contribution in [0.4, 0.5) is 34.1 Å². The zero-order valence-electron chi connectivity index (χ0n) is 56.9. The maximum atomic E-state index is 10.2. The summed E-state index contributed by atoms with van der Waals surface area (Å²) < 4.78 is 18.7. The molecular formula is C95H60BN3O2S3. The second kappa shape index (κ2) is 23.4. The smallest absolute Gasteiger partial charge is 0.249 e. The zero-order chi connectivity index (χ0) is 69.1. The molecule has 488 valence electrons. The topological polar surface area (TPSA) is 56.5 Å². The molecule has 0 bridgehead atoms. The van der Waals surface area contributed by atoms with E-state index in [1.807, 2.05) is 46.6 Å². The van der Waals surface area contributed by atoms with E-state index in [0.717, 1.165) is 134 Å². The van der Waals surface area contributed by atoms with Gasteiger partial charge in [-0.1, -0.05) is 232 Å². The summed E-state index contributed by atoms with van der Waals surface area (Å²) >= 11 is 5.58. The fourth-order valence-corrected chi connectivity index (χ4v) is 20.2. The third-order valence-electron chi connectivity index (χ3n) is 21.5. The number of hydrogen-bond acceptors (Lipinski definition) is 8. The zero-order valence-corrected chi connectivity index (χ0v) is 59.4. The van der Waals surface area contributed by atoms with Crippen molar-refractivity contribution in [1.29, 1.82) is 5.26 Å². The van der Waals surface area contributed by atoms with Gasteiger partial charge in [-0.2, -0.15) is 5.26 Å². The number of anilines is 6. The lowest BCUT2D eigenvalue weighted by Crippen LogP contribution is -2.59. The van der Waals surface area contributed by atoms with Crippen LogP contribution in [0, 0.1) is 11.3 Å². The van der Waals surface area contributed by atoms with E-state index in [-0.39, 0.29) is 12.1 Å². The summed E-state index contributed by atoms with van der Waals surface area (Å²) in [5, 5.41) is 19.7. The predicted octanol–water partition coefficient (Wildman–Crippen LogP) is 26.0. The lowest BCUT2D eigenvalue weighted by atomic mass is 9.34. The summed E-state index contributed by atoms with van der Waals surface area (Å²) in [6.07, 6.45) is 0. The molecule has 15 aromatic carbocycles. The van der Waals surface area contributed by atoms with Gasteiger partial charge in [0.15, 0.2) is 0 Å². The van der Waals surface area contributed by atoms with Gasteiger partial charge < -0.3 is 18.6 Å². The van der Waals surface area contributed by atoms with Gasteiger partial charge in [0.1, 0.15) is 22.3 Å². The van der Waals surface area contributed by atoms with Crippen molar-refractivity contribution in [2.75, 3.05) is 9.80 Å². The Kier molecular flexibility index (Phi) is 13.7. The van der Waals surface area contributed by atoms with Crippen molar-refractivity contribution in [2.24, 2.45) is 0 Å². The highest BCUT2D eigenvalue weighted by molar-refractivity contribution is 8.00. The third-order valence-corrected chi connectivity index (χ3v) is 24.9. The molecule has 0 radical (unpaired) electrons. The standard InChI is InChI=1S/C95H60BN3O2S3/c1-95(2,3)62-38-35-59(36-39-62)72-53-74-85(103-84-47-45-80-88(91(74)84)69-25-13-15-31-79(69)100-80)54-73(72)61-49-78-92-87(51-61)104-86-50-60(68-29-18-30-71-89-81(101-94(68)71)46-48-83-90(89)70-26-14-16-32-82(70)102-83)37-43-76(86)96(92)75-44-42-65(98(63-23-11-6-12-24-63)64-40-33-56(55-97)34-41-64)52-77(75)99(78)93-66(57-19-7-4-8-20-57)27-17-28-67(93)58-21-9-5-10-22-58/h4-54H,1-3H3. The number of benzene rings is 15. The molecule has 0 atom stereocenters. The molecule has 0 saturated carbocycles. The lowest BCUT2D eigenvalue weighted by Gasteiger charge is -2.42. The second-order valence-corrected chi connectivity index (χ2v) is 31.7. The quantitative estimate of drug-likeness (QED) is 0.134. The van der Waals surface area contributed by atoms with Crippen molar-refractivity contribution < 1.29 is 8.83 Å². The van der Waals surface area contributed by atoms with Gasteiger partial charge in [-0.05, 0) is 176 Å². The normalized spacial score (nSPS) is 12.7. The Morgan fingerprint density at radius 1 is 0.375 bits per heavy atom. The molecule has 0 unspecified atom stereocenters. The molecule has 0 spiro atoms. The minimum Gasteiger partial charge on any atom is -0.456 e. The Hall–Kier alpha value is -12.2. The average Bonchev–Trinajstić information content (AvgIpc) is 0.951. The van der Waals surface area contributed by atoms with Crippen LogP contribution in [0.3, 0.4) is 0 Å². The van der Waals surface area contributed by atoms with E-state index >= 15 is 0 Å². The first kappa shape index (κ1) is 60.6. The van der Waals surface area contributed by atoms with Crippen LogP contribution < -0.4 is 26.2 Å². The molecule has 104 heavy (non-hydrogen) atoms. The number of furan rings is 2. The molecule has 19 aromatic rings. The van der Waals surface area contributed by atoms with Gasteiger partial charge in [-0.3, -0.25) is 0 Å². The number of hydrogen-bond donors (Lipinski definition) is 0. The van der Waals surface area contributed by atoms with Crippen molar-refractivity contribution in [1.82, 2.24) is 0 Å². The Balaban J connectivity index is 0.864. The molecule has 0 saturated heterocycles. The maximum Gasteiger partial charge on any atom is 0.249 e. The van der Waals surface area contributed by atoms with Crippen LogP contribution in [-0.4, -0.2) is 6.71 Å². The highest BCUT2D eigenvalue weighted by atomic mass is 32.2. The number of nitriles is 1. The van der Waals surface area contributed by atoms with Crippen LogP contribution in [0.15, 0.2) is 328 Å². The molecule has 2 aliphatic heterocycles. The van der Waals surface area contributed by atoms with E-state index < -0.39 is 0 Å². The molecule has 4 aromatic heterocycles. The fourth-order valence-electron chi connectivity index (χ4n) is 16.7. The first-order chi connectivity index (χ1) is 51.1. The number of nitrogens with zero attached hydrogens (tertiary/aromatic N) is 3. The van der Waals surface area contributed by atoms with E-state index in [1.165, 1.54) is 72.1 Å². The fraction of sp³-hybridized carbons (Fsp3) is 0.0421. The summed E-state index contributed by atoms with van der Waals surface area (Å²) in [5.74, 6) is 0. The Morgan fingerprint density at radius 2 is 0.952 bits per heavy atom. The van der Waals surface area contributed by atoms with Gasteiger partial charge >= 0.3 is 0 Å². The second-order valence-electron chi connectivity index (χ2n) is 28.5. The van der Waals surface area contributed by atoms with Crippen molar-refractivity contribution in [3.05, 3.63) is 321 Å². The van der Waals surface area contributed by atoms with Gasteiger partial charge in [-0.15, -0.1) is 22.7 Å². The average molecular weight is 1380 g/mol. The Labute approximate surface area is 613 Å². The molecule has 0 amide bonds. The van der Waals surface area contributed by atoms with Gasteiger partial charge in [0.2, 0.25) is 6.71 Å². The van der Waals surface area contributed by atoms with Crippen molar-refractivity contribution in [3.8, 4) is 61.7 Å². The molecule has 6 heterocycles. The van der Waals surface area contributed by atoms with Crippen LogP contribution >= 0.6 is 34.4 Å². The molecule has 0 fully saturated rings. The predicted molar refractivity (Wildman–Crippen MR) is 442 cm³/mol. The number of fused-ring (bicyclic) bond motifs is 18. The van der Waals surface area contributed by atoms with E-state index in [1.54, 1.807) is 0 Å². The molecule has 21 rings (SSSR count). The monoisotopic (exact) mass is 1380 g/mol.